The van der Waals surface area contributed by atoms with Crippen LogP contribution < -0.4 is 19.5 Å². The molecule has 0 radical (unpaired) electrons. The monoisotopic (exact) mass is 494 g/mol. The second kappa shape index (κ2) is 8.54. The third kappa shape index (κ3) is 3.80. The van der Waals surface area contributed by atoms with Gasteiger partial charge in [-0.05, 0) is 22.8 Å². The van der Waals surface area contributed by atoms with E-state index in [4.69, 9.17) is 18.6 Å². The first kappa shape index (κ1) is 20.8. The van der Waals surface area contributed by atoms with E-state index in [9.17, 15) is 0 Å². The number of rotatable bonds is 7. The molecule has 0 fully saturated rings. The standard InChI is InChI=1S/C22H18N6O4S2/c1-29-13-5-17(31-10-12-11-33-20(25-12)15-8-23-3-4-24-15)14-7-19(32-18(14)6-13)16-9-28-21(26-16)34-22(27-28)30-2/h3-9,11,20,25H,10H2,1-2H3. The highest BCUT2D eigenvalue weighted by molar-refractivity contribution is 8.02. The Labute approximate surface area is 201 Å². The number of furan rings is 1. The van der Waals surface area contributed by atoms with E-state index in [0.717, 1.165) is 21.7 Å². The summed E-state index contributed by atoms with van der Waals surface area (Å²) in [5.74, 6) is 1.91. The van der Waals surface area contributed by atoms with Crippen LogP contribution in [0.25, 0.3) is 27.4 Å². The summed E-state index contributed by atoms with van der Waals surface area (Å²) in [7, 11) is 3.19. The van der Waals surface area contributed by atoms with Crippen LogP contribution in [0.4, 0.5) is 0 Å². The zero-order valence-corrected chi connectivity index (χ0v) is 19.7. The fourth-order valence-electron chi connectivity index (χ4n) is 3.54. The fraction of sp³-hybridized carbons (Fsp3) is 0.182. The van der Waals surface area contributed by atoms with Gasteiger partial charge in [-0.3, -0.25) is 9.97 Å². The molecule has 0 saturated heterocycles. The number of nitrogens with zero attached hydrogens (tertiary/aromatic N) is 5. The Kier molecular flexibility index (Phi) is 5.23. The van der Waals surface area contributed by atoms with Crippen LogP contribution in [-0.2, 0) is 0 Å². The number of hydrogen-bond acceptors (Lipinski definition) is 11. The summed E-state index contributed by atoms with van der Waals surface area (Å²) in [5, 5.41) is 11.2. The van der Waals surface area contributed by atoms with Crippen molar-refractivity contribution < 1.29 is 18.6 Å². The van der Waals surface area contributed by atoms with E-state index in [2.05, 4.69) is 25.4 Å². The van der Waals surface area contributed by atoms with Gasteiger partial charge < -0.3 is 23.9 Å². The molecule has 0 amide bonds. The van der Waals surface area contributed by atoms with Crippen LogP contribution in [0.15, 0.2) is 58.5 Å². The molecule has 10 nitrogen and oxygen atoms in total. The summed E-state index contributed by atoms with van der Waals surface area (Å²) in [5.41, 5.74) is 3.14. The Balaban J connectivity index is 1.25. The molecule has 5 aromatic rings. The molecule has 0 aliphatic carbocycles. The van der Waals surface area contributed by atoms with Crippen molar-refractivity contribution >= 4 is 39.0 Å². The fourth-order valence-corrected chi connectivity index (χ4v) is 5.15. The Morgan fingerprint density at radius 3 is 2.91 bits per heavy atom. The Morgan fingerprint density at radius 2 is 2.12 bits per heavy atom. The highest BCUT2D eigenvalue weighted by atomic mass is 32.2. The normalized spacial score (nSPS) is 15.5. The van der Waals surface area contributed by atoms with Crippen LogP contribution in [-0.4, -0.2) is 45.4 Å². The van der Waals surface area contributed by atoms with Gasteiger partial charge in [-0.2, -0.15) is 0 Å². The summed E-state index contributed by atoms with van der Waals surface area (Å²) in [6.45, 7) is 0.358. The molecule has 34 heavy (non-hydrogen) atoms. The van der Waals surface area contributed by atoms with E-state index >= 15 is 0 Å². The molecule has 1 N–H and O–H groups in total. The SMILES string of the molecule is COc1cc(OCC2=CSC(c3cnccn3)N2)c2cc(-c3cn4nc(OC)sc4n3)oc2c1. The predicted octanol–water partition coefficient (Wildman–Crippen LogP) is 4.27. The van der Waals surface area contributed by atoms with Gasteiger partial charge in [0.25, 0.3) is 5.19 Å². The van der Waals surface area contributed by atoms with Crippen LogP contribution in [0.5, 0.6) is 16.7 Å². The van der Waals surface area contributed by atoms with Crippen molar-refractivity contribution in [2.24, 2.45) is 0 Å². The van der Waals surface area contributed by atoms with Crippen LogP contribution in [0.1, 0.15) is 11.1 Å². The predicted molar refractivity (Wildman–Crippen MR) is 128 cm³/mol. The third-order valence-electron chi connectivity index (χ3n) is 5.16. The third-order valence-corrected chi connectivity index (χ3v) is 7.09. The number of ether oxygens (including phenoxy) is 3. The second-order valence-corrected chi connectivity index (χ2v) is 9.19. The second-order valence-electron chi connectivity index (χ2n) is 7.30. The lowest BCUT2D eigenvalue weighted by atomic mass is 10.2. The molecule has 0 bridgehead atoms. The highest BCUT2D eigenvalue weighted by Gasteiger charge is 2.21. The van der Waals surface area contributed by atoms with E-state index in [1.54, 1.807) is 55.3 Å². The number of benzene rings is 1. The van der Waals surface area contributed by atoms with Crippen molar-refractivity contribution in [1.29, 1.82) is 0 Å². The molecule has 0 spiro atoms. The maximum Gasteiger partial charge on any atom is 0.294 e. The average Bonchev–Trinajstić information content (AvgIpc) is 3.65. The van der Waals surface area contributed by atoms with Gasteiger partial charge in [0.05, 0.1) is 43.4 Å². The maximum atomic E-state index is 6.18. The minimum Gasteiger partial charge on any atom is -0.496 e. The Hall–Kier alpha value is -3.77. The number of thioether (sulfide) groups is 1. The molecular weight excluding hydrogens is 476 g/mol. The number of methoxy groups -OCH3 is 2. The molecule has 1 atom stereocenters. The molecule has 1 aromatic carbocycles. The van der Waals surface area contributed by atoms with Crippen LogP contribution >= 0.6 is 23.1 Å². The van der Waals surface area contributed by atoms with Gasteiger partial charge in [-0.15, -0.1) is 16.9 Å². The Bertz CT molecular complexity index is 1480. The molecule has 0 saturated carbocycles. The van der Waals surface area contributed by atoms with Gasteiger partial charge in [-0.1, -0.05) is 0 Å². The van der Waals surface area contributed by atoms with Crippen molar-refractivity contribution in [2.75, 3.05) is 20.8 Å². The lowest BCUT2D eigenvalue weighted by Crippen LogP contribution is -2.18. The largest absolute Gasteiger partial charge is 0.496 e. The van der Waals surface area contributed by atoms with E-state index in [1.165, 1.54) is 11.3 Å². The van der Waals surface area contributed by atoms with Crippen molar-refractivity contribution in [3.05, 3.63) is 59.8 Å². The van der Waals surface area contributed by atoms with Gasteiger partial charge in [0, 0.05) is 24.5 Å². The van der Waals surface area contributed by atoms with E-state index in [0.29, 0.717) is 40.3 Å². The van der Waals surface area contributed by atoms with Crippen molar-refractivity contribution in [2.45, 2.75) is 5.37 Å². The van der Waals surface area contributed by atoms with Crippen LogP contribution in [0, 0.1) is 0 Å². The van der Waals surface area contributed by atoms with E-state index < -0.39 is 0 Å². The lowest BCUT2D eigenvalue weighted by molar-refractivity contribution is 0.342. The van der Waals surface area contributed by atoms with E-state index in [1.807, 2.05) is 23.6 Å². The minimum absolute atomic E-state index is 0.0141. The number of hydrogen-bond donors (Lipinski definition) is 1. The number of imidazole rings is 1. The Morgan fingerprint density at radius 1 is 1.18 bits per heavy atom. The molecule has 5 heterocycles. The molecule has 6 rings (SSSR count). The summed E-state index contributed by atoms with van der Waals surface area (Å²) < 4.78 is 24.6. The van der Waals surface area contributed by atoms with Gasteiger partial charge in [0.1, 0.15) is 34.8 Å². The molecule has 1 aliphatic heterocycles. The lowest BCUT2D eigenvalue weighted by Gasteiger charge is -2.13. The number of aromatic nitrogens is 5. The summed E-state index contributed by atoms with van der Waals surface area (Å²) in [4.78, 5) is 13.8. The van der Waals surface area contributed by atoms with Crippen molar-refractivity contribution in [1.82, 2.24) is 29.9 Å². The average molecular weight is 495 g/mol. The van der Waals surface area contributed by atoms with Gasteiger partial charge in [0.15, 0.2) is 5.76 Å². The van der Waals surface area contributed by atoms with Crippen molar-refractivity contribution in [3.8, 4) is 28.1 Å². The first-order valence-corrected chi connectivity index (χ1v) is 12.0. The topological polar surface area (TPSA) is 109 Å². The van der Waals surface area contributed by atoms with Gasteiger partial charge in [0.2, 0.25) is 4.96 Å². The quantitative estimate of drug-likeness (QED) is 0.352. The van der Waals surface area contributed by atoms with Crippen LogP contribution in [0.2, 0.25) is 0 Å². The first-order chi connectivity index (χ1) is 16.7. The van der Waals surface area contributed by atoms with E-state index in [-0.39, 0.29) is 5.37 Å². The number of fused-ring (bicyclic) bond motifs is 2. The highest BCUT2D eigenvalue weighted by Crippen LogP contribution is 2.38. The molecular formula is C22H18N6O4S2. The summed E-state index contributed by atoms with van der Waals surface area (Å²) in [6.07, 6.45) is 6.91. The first-order valence-electron chi connectivity index (χ1n) is 10.2. The van der Waals surface area contributed by atoms with Gasteiger partial charge >= 0.3 is 0 Å². The zero-order chi connectivity index (χ0) is 23.1. The molecule has 1 aliphatic rings. The molecule has 1 unspecified atom stereocenters. The summed E-state index contributed by atoms with van der Waals surface area (Å²) in [6, 6.07) is 5.60. The summed E-state index contributed by atoms with van der Waals surface area (Å²) >= 11 is 2.99. The molecule has 12 heteroatoms. The van der Waals surface area contributed by atoms with Gasteiger partial charge in [-0.25, -0.2) is 9.50 Å². The zero-order valence-electron chi connectivity index (χ0n) is 18.1. The molecule has 4 aromatic heterocycles. The maximum absolute atomic E-state index is 6.18. The minimum atomic E-state index is 0.0141. The molecule has 172 valence electrons. The number of nitrogens with one attached hydrogen (secondary N) is 1. The van der Waals surface area contributed by atoms with Crippen LogP contribution in [0.3, 0.4) is 0 Å². The smallest absolute Gasteiger partial charge is 0.294 e. The van der Waals surface area contributed by atoms with Crippen molar-refractivity contribution in [3.63, 3.8) is 0 Å².